The number of anilines is 1. The summed E-state index contributed by atoms with van der Waals surface area (Å²) in [7, 11) is 0. The van der Waals surface area contributed by atoms with Gasteiger partial charge in [0, 0.05) is 25.5 Å². The van der Waals surface area contributed by atoms with Gasteiger partial charge in [0.25, 0.3) is 5.56 Å². The molecule has 0 aliphatic carbocycles. The average molecular weight is 313 g/mol. The van der Waals surface area contributed by atoms with Crippen LogP contribution in [0.2, 0.25) is 0 Å². The van der Waals surface area contributed by atoms with Gasteiger partial charge >= 0.3 is 5.97 Å². The van der Waals surface area contributed by atoms with E-state index < -0.39 is 11.9 Å². The lowest BCUT2D eigenvalue weighted by Gasteiger charge is -2.31. The second-order valence-corrected chi connectivity index (χ2v) is 5.79. The van der Waals surface area contributed by atoms with E-state index in [1.54, 1.807) is 21.9 Å². The number of rotatable bonds is 4. The van der Waals surface area contributed by atoms with Crippen LogP contribution >= 0.6 is 0 Å². The Hall–Kier alpha value is -2.63. The third-order valence-electron chi connectivity index (χ3n) is 4.16. The molecule has 120 valence electrons. The summed E-state index contributed by atoms with van der Waals surface area (Å²) in [6, 6.07) is 9.74. The molecule has 1 atom stereocenters. The van der Waals surface area contributed by atoms with Crippen LogP contribution in [0.25, 0.3) is 0 Å². The average Bonchev–Trinajstić information content (AvgIpc) is 2.58. The molecule has 0 radical (unpaired) electrons. The standard InChI is InChI=1S/C17H19N3O3/c21-16-15(19-9-4-7-14(12-19)17(22)23)18-8-10-20(16)11-13-5-2-1-3-6-13/h1-3,5-6,8,10,14H,4,7,9,11-12H2,(H,22,23). The molecular formula is C17H19N3O3. The molecule has 1 N–H and O–H groups in total. The summed E-state index contributed by atoms with van der Waals surface area (Å²) in [5, 5.41) is 9.19. The minimum atomic E-state index is -0.810. The van der Waals surface area contributed by atoms with E-state index in [4.69, 9.17) is 0 Å². The van der Waals surface area contributed by atoms with Crippen molar-refractivity contribution < 1.29 is 9.90 Å². The number of carbonyl (C=O) groups is 1. The van der Waals surface area contributed by atoms with E-state index in [9.17, 15) is 14.7 Å². The molecule has 1 aromatic heterocycles. The van der Waals surface area contributed by atoms with Gasteiger partial charge < -0.3 is 14.6 Å². The van der Waals surface area contributed by atoms with Crippen LogP contribution < -0.4 is 10.5 Å². The summed E-state index contributed by atoms with van der Waals surface area (Å²) in [6.45, 7) is 1.49. The van der Waals surface area contributed by atoms with Gasteiger partial charge in [0.2, 0.25) is 0 Å². The second-order valence-electron chi connectivity index (χ2n) is 5.79. The molecule has 2 heterocycles. The molecule has 0 bridgehead atoms. The van der Waals surface area contributed by atoms with Crippen LogP contribution in [-0.4, -0.2) is 33.7 Å². The Morgan fingerprint density at radius 3 is 2.83 bits per heavy atom. The van der Waals surface area contributed by atoms with Gasteiger partial charge in [0.1, 0.15) is 0 Å². The zero-order valence-corrected chi connectivity index (χ0v) is 12.8. The van der Waals surface area contributed by atoms with Crippen LogP contribution in [0.5, 0.6) is 0 Å². The highest BCUT2D eigenvalue weighted by Gasteiger charge is 2.27. The number of benzene rings is 1. The Morgan fingerprint density at radius 1 is 1.30 bits per heavy atom. The topological polar surface area (TPSA) is 75.4 Å². The SMILES string of the molecule is O=C(O)C1CCCN(c2nccn(Cc3ccccc3)c2=O)C1. The first-order valence-electron chi connectivity index (χ1n) is 7.72. The van der Waals surface area contributed by atoms with Crippen LogP contribution in [0.3, 0.4) is 0 Å². The minimum absolute atomic E-state index is 0.178. The molecular weight excluding hydrogens is 294 g/mol. The van der Waals surface area contributed by atoms with E-state index in [1.165, 1.54) is 0 Å². The monoisotopic (exact) mass is 313 g/mol. The molecule has 3 rings (SSSR count). The van der Waals surface area contributed by atoms with Crippen molar-refractivity contribution in [2.24, 2.45) is 5.92 Å². The van der Waals surface area contributed by atoms with E-state index in [0.29, 0.717) is 31.9 Å². The van der Waals surface area contributed by atoms with E-state index in [2.05, 4.69) is 4.98 Å². The van der Waals surface area contributed by atoms with Crippen LogP contribution in [-0.2, 0) is 11.3 Å². The normalized spacial score (nSPS) is 17.9. The molecule has 1 aliphatic heterocycles. The lowest BCUT2D eigenvalue weighted by Crippen LogP contribution is -2.42. The maximum absolute atomic E-state index is 12.7. The predicted molar refractivity (Wildman–Crippen MR) is 86.6 cm³/mol. The summed E-state index contributed by atoms with van der Waals surface area (Å²) in [5.41, 5.74) is 0.858. The van der Waals surface area contributed by atoms with E-state index in [0.717, 1.165) is 12.0 Å². The molecule has 6 nitrogen and oxygen atoms in total. The first-order chi connectivity index (χ1) is 11.1. The Bertz CT molecular complexity index is 742. The van der Waals surface area contributed by atoms with Crippen LogP contribution in [0, 0.1) is 5.92 Å². The van der Waals surface area contributed by atoms with Gasteiger partial charge in [-0.3, -0.25) is 9.59 Å². The van der Waals surface area contributed by atoms with Gasteiger partial charge in [0.05, 0.1) is 12.5 Å². The van der Waals surface area contributed by atoms with Crippen molar-refractivity contribution in [3.8, 4) is 0 Å². The Kier molecular flexibility index (Phi) is 4.41. The largest absolute Gasteiger partial charge is 0.481 e. The predicted octanol–water partition coefficient (Wildman–Crippen LogP) is 1.59. The lowest BCUT2D eigenvalue weighted by atomic mass is 9.98. The minimum Gasteiger partial charge on any atom is -0.481 e. The van der Waals surface area contributed by atoms with Gasteiger partial charge in [-0.05, 0) is 18.4 Å². The Balaban J connectivity index is 1.85. The number of piperidine rings is 1. The molecule has 1 unspecified atom stereocenters. The van der Waals surface area contributed by atoms with Crippen molar-refractivity contribution in [1.29, 1.82) is 0 Å². The fourth-order valence-electron chi connectivity index (χ4n) is 2.93. The number of carboxylic acid groups (broad SMARTS) is 1. The van der Waals surface area contributed by atoms with Crippen molar-refractivity contribution >= 4 is 11.8 Å². The number of hydrogen-bond acceptors (Lipinski definition) is 4. The lowest BCUT2D eigenvalue weighted by molar-refractivity contribution is -0.141. The van der Waals surface area contributed by atoms with Crippen molar-refractivity contribution in [3.05, 3.63) is 58.6 Å². The van der Waals surface area contributed by atoms with Crippen LogP contribution in [0.15, 0.2) is 47.5 Å². The fourth-order valence-corrected chi connectivity index (χ4v) is 2.93. The van der Waals surface area contributed by atoms with Crippen molar-refractivity contribution in [3.63, 3.8) is 0 Å². The number of aliphatic carboxylic acids is 1. The van der Waals surface area contributed by atoms with Gasteiger partial charge in [-0.1, -0.05) is 30.3 Å². The van der Waals surface area contributed by atoms with E-state index in [1.807, 2.05) is 30.3 Å². The van der Waals surface area contributed by atoms with Crippen LogP contribution in [0.4, 0.5) is 5.82 Å². The summed E-state index contributed by atoms with van der Waals surface area (Å²) < 4.78 is 1.61. The fraction of sp³-hybridized carbons (Fsp3) is 0.353. The zero-order valence-electron chi connectivity index (χ0n) is 12.8. The van der Waals surface area contributed by atoms with Crippen molar-refractivity contribution in [2.75, 3.05) is 18.0 Å². The molecule has 1 aromatic carbocycles. The molecule has 2 aromatic rings. The highest BCUT2D eigenvalue weighted by atomic mass is 16.4. The molecule has 0 amide bonds. The maximum atomic E-state index is 12.7. The summed E-state index contributed by atoms with van der Waals surface area (Å²) in [4.78, 5) is 29.8. The molecule has 1 fully saturated rings. The van der Waals surface area contributed by atoms with Crippen LogP contribution in [0.1, 0.15) is 18.4 Å². The van der Waals surface area contributed by atoms with E-state index in [-0.39, 0.29) is 5.56 Å². The molecule has 1 aliphatic rings. The van der Waals surface area contributed by atoms with E-state index >= 15 is 0 Å². The molecule has 6 heteroatoms. The first kappa shape index (κ1) is 15.3. The second kappa shape index (κ2) is 6.64. The van der Waals surface area contributed by atoms with Gasteiger partial charge in [-0.15, -0.1) is 0 Å². The maximum Gasteiger partial charge on any atom is 0.308 e. The van der Waals surface area contributed by atoms with Gasteiger partial charge in [0.15, 0.2) is 5.82 Å². The Morgan fingerprint density at radius 2 is 2.09 bits per heavy atom. The van der Waals surface area contributed by atoms with Crippen molar-refractivity contribution in [1.82, 2.24) is 9.55 Å². The summed E-state index contributed by atoms with van der Waals surface area (Å²) in [6.07, 6.45) is 4.67. The van der Waals surface area contributed by atoms with Gasteiger partial charge in [-0.25, -0.2) is 4.98 Å². The number of aromatic nitrogens is 2. The molecule has 0 saturated carbocycles. The highest BCUT2D eigenvalue weighted by Crippen LogP contribution is 2.19. The first-order valence-corrected chi connectivity index (χ1v) is 7.72. The van der Waals surface area contributed by atoms with Gasteiger partial charge in [-0.2, -0.15) is 0 Å². The third-order valence-corrected chi connectivity index (χ3v) is 4.16. The summed E-state index contributed by atoms with van der Waals surface area (Å²) >= 11 is 0. The smallest absolute Gasteiger partial charge is 0.308 e. The zero-order chi connectivity index (χ0) is 16.2. The quantitative estimate of drug-likeness (QED) is 0.928. The molecule has 1 saturated heterocycles. The third kappa shape index (κ3) is 3.41. The molecule has 23 heavy (non-hydrogen) atoms. The summed E-state index contributed by atoms with van der Waals surface area (Å²) in [5.74, 6) is -0.905. The van der Waals surface area contributed by atoms with Crippen molar-refractivity contribution in [2.45, 2.75) is 19.4 Å². The Labute approximate surface area is 134 Å². The number of nitrogens with zero attached hydrogens (tertiary/aromatic N) is 3. The number of carboxylic acids is 1. The number of hydrogen-bond donors (Lipinski definition) is 1. The molecule has 0 spiro atoms. The highest BCUT2D eigenvalue weighted by molar-refractivity contribution is 5.71.